The Morgan fingerprint density at radius 1 is 1.19 bits per heavy atom. The van der Waals surface area contributed by atoms with E-state index in [0.29, 0.717) is 18.2 Å². The minimum Gasteiger partial charge on any atom is -0.497 e. The molecule has 4 rings (SSSR count). The SMILES string of the molecule is COc1ccc(NC(=O)CCSc2nnc(Cc3cccs3)n2C2CCCCC2)cc1. The first-order valence-electron chi connectivity index (χ1n) is 10.8. The molecule has 0 bridgehead atoms. The molecular weight excluding hydrogens is 428 g/mol. The van der Waals surface area contributed by atoms with Crippen molar-refractivity contribution < 1.29 is 9.53 Å². The lowest BCUT2D eigenvalue weighted by atomic mass is 9.95. The fourth-order valence-electron chi connectivity index (χ4n) is 3.93. The van der Waals surface area contributed by atoms with Crippen molar-refractivity contribution in [2.45, 2.75) is 56.1 Å². The van der Waals surface area contributed by atoms with Crippen LogP contribution in [0.15, 0.2) is 46.9 Å². The van der Waals surface area contributed by atoms with Crippen molar-refractivity contribution in [1.82, 2.24) is 14.8 Å². The molecule has 31 heavy (non-hydrogen) atoms. The van der Waals surface area contributed by atoms with Gasteiger partial charge in [-0.15, -0.1) is 21.5 Å². The molecule has 1 saturated carbocycles. The van der Waals surface area contributed by atoms with Gasteiger partial charge in [0.1, 0.15) is 11.6 Å². The average Bonchev–Trinajstić information content (AvgIpc) is 3.45. The van der Waals surface area contributed by atoms with Crippen LogP contribution >= 0.6 is 23.1 Å². The van der Waals surface area contributed by atoms with E-state index in [1.54, 1.807) is 30.2 Å². The number of aromatic nitrogens is 3. The summed E-state index contributed by atoms with van der Waals surface area (Å²) in [6.07, 6.45) is 7.44. The van der Waals surface area contributed by atoms with Crippen LogP contribution in [0.4, 0.5) is 5.69 Å². The maximum atomic E-state index is 12.4. The maximum Gasteiger partial charge on any atom is 0.225 e. The quantitative estimate of drug-likeness (QED) is 0.427. The molecule has 0 atom stereocenters. The summed E-state index contributed by atoms with van der Waals surface area (Å²) in [5.74, 6) is 2.49. The van der Waals surface area contributed by atoms with Crippen molar-refractivity contribution >= 4 is 34.7 Å². The predicted molar refractivity (Wildman–Crippen MR) is 126 cm³/mol. The topological polar surface area (TPSA) is 69.0 Å². The lowest BCUT2D eigenvalue weighted by Gasteiger charge is -2.25. The second-order valence-electron chi connectivity index (χ2n) is 7.69. The standard InChI is InChI=1S/C23H28N4O2S2/c1-29-19-11-9-17(10-12-19)24-22(28)13-15-31-23-26-25-21(16-20-8-5-14-30-20)27(23)18-6-3-2-4-7-18/h5,8-12,14,18H,2-4,6-7,13,15-16H2,1H3,(H,24,28). The van der Waals surface area contributed by atoms with Gasteiger partial charge in [0.15, 0.2) is 5.16 Å². The summed E-state index contributed by atoms with van der Waals surface area (Å²) in [4.78, 5) is 13.7. The largest absolute Gasteiger partial charge is 0.497 e. The number of nitrogens with zero attached hydrogens (tertiary/aromatic N) is 3. The molecule has 1 N–H and O–H groups in total. The number of anilines is 1. The molecule has 3 aromatic rings. The van der Waals surface area contributed by atoms with Crippen molar-refractivity contribution in [3.63, 3.8) is 0 Å². The summed E-state index contributed by atoms with van der Waals surface area (Å²) in [7, 11) is 1.63. The summed E-state index contributed by atoms with van der Waals surface area (Å²) in [6.45, 7) is 0. The minimum absolute atomic E-state index is 0.000192. The monoisotopic (exact) mass is 456 g/mol. The molecule has 0 aliphatic heterocycles. The first-order chi connectivity index (χ1) is 15.2. The van der Waals surface area contributed by atoms with Gasteiger partial charge in [-0.1, -0.05) is 37.1 Å². The number of hydrogen-bond donors (Lipinski definition) is 1. The van der Waals surface area contributed by atoms with Crippen LogP contribution in [0.3, 0.4) is 0 Å². The summed E-state index contributed by atoms with van der Waals surface area (Å²) in [5.41, 5.74) is 0.777. The Hall–Kier alpha value is -2.32. The van der Waals surface area contributed by atoms with Crippen molar-refractivity contribution in [2.24, 2.45) is 0 Å². The molecule has 164 valence electrons. The van der Waals surface area contributed by atoms with Crippen LogP contribution in [0.25, 0.3) is 0 Å². The second-order valence-corrected chi connectivity index (χ2v) is 9.79. The third-order valence-electron chi connectivity index (χ3n) is 5.52. The van der Waals surface area contributed by atoms with Gasteiger partial charge in [-0.3, -0.25) is 4.79 Å². The average molecular weight is 457 g/mol. The lowest BCUT2D eigenvalue weighted by Crippen LogP contribution is -2.17. The van der Waals surface area contributed by atoms with E-state index >= 15 is 0 Å². The van der Waals surface area contributed by atoms with Gasteiger partial charge in [0, 0.05) is 35.2 Å². The third-order valence-corrected chi connectivity index (χ3v) is 7.34. The lowest BCUT2D eigenvalue weighted by molar-refractivity contribution is -0.115. The van der Waals surface area contributed by atoms with Crippen molar-refractivity contribution in [1.29, 1.82) is 0 Å². The Labute approximate surface area is 191 Å². The van der Waals surface area contributed by atoms with E-state index in [0.717, 1.165) is 28.8 Å². The predicted octanol–water partition coefficient (Wildman–Crippen LogP) is 5.57. The van der Waals surface area contributed by atoms with Gasteiger partial charge in [-0.25, -0.2) is 0 Å². The fourth-order valence-corrected chi connectivity index (χ4v) is 5.60. The van der Waals surface area contributed by atoms with Crippen molar-refractivity contribution in [2.75, 3.05) is 18.2 Å². The number of ether oxygens (including phenoxy) is 1. The molecule has 8 heteroatoms. The number of thiophene rings is 1. The summed E-state index contributed by atoms with van der Waals surface area (Å²) >= 11 is 3.39. The number of carbonyl (C=O) groups is 1. The van der Waals surface area contributed by atoms with Crippen LogP contribution < -0.4 is 10.1 Å². The van der Waals surface area contributed by atoms with Gasteiger partial charge in [-0.05, 0) is 48.6 Å². The van der Waals surface area contributed by atoms with Crippen LogP contribution in [0.1, 0.15) is 55.3 Å². The Balaban J connectivity index is 1.37. The molecule has 1 fully saturated rings. The number of thioether (sulfide) groups is 1. The number of rotatable bonds is 9. The third kappa shape index (κ3) is 5.89. The van der Waals surface area contributed by atoms with Crippen molar-refractivity contribution in [3.05, 3.63) is 52.5 Å². The van der Waals surface area contributed by atoms with E-state index in [9.17, 15) is 4.79 Å². The number of nitrogens with one attached hydrogen (secondary N) is 1. The molecular formula is C23H28N4O2S2. The highest BCUT2D eigenvalue weighted by atomic mass is 32.2. The molecule has 6 nitrogen and oxygen atoms in total. The normalized spacial score (nSPS) is 14.5. The Morgan fingerprint density at radius 2 is 2.00 bits per heavy atom. The van der Waals surface area contributed by atoms with Gasteiger partial charge < -0.3 is 14.6 Å². The van der Waals surface area contributed by atoms with E-state index < -0.39 is 0 Å². The minimum atomic E-state index is 0.000192. The molecule has 1 amide bonds. The molecule has 2 aromatic heterocycles. The van der Waals surface area contributed by atoms with Gasteiger partial charge in [0.25, 0.3) is 0 Å². The first kappa shape index (κ1) is 21.9. The van der Waals surface area contributed by atoms with E-state index in [1.807, 2.05) is 24.3 Å². The Kier molecular flexibility index (Phi) is 7.64. The van der Waals surface area contributed by atoms with Crippen LogP contribution in [0, 0.1) is 0 Å². The molecule has 1 aromatic carbocycles. The summed E-state index contributed by atoms with van der Waals surface area (Å²) < 4.78 is 7.51. The summed E-state index contributed by atoms with van der Waals surface area (Å²) in [5, 5.41) is 15.0. The number of carbonyl (C=O) groups excluding carboxylic acids is 1. The molecule has 0 radical (unpaired) electrons. The molecule has 0 saturated heterocycles. The zero-order valence-corrected chi connectivity index (χ0v) is 19.4. The van der Waals surface area contributed by atoms with Gasteiger partial charge in [0.2, 0.25) is 5.91 Å². The highest BCUT2D eigenvalue weighted by Gasteiger charge is 2.23. The van der Waals surface area contributed by atoms with Gasteiger partial charge >= 0.3 is 0 Å². The van der Waals surface area contributed by atoms with Crippen LogP contribution in [0.5, 0.6) is 5.75 Å². The van der Waals surface area contributed by atoms with Crippen LogP contribution in [-0.4, -0.2) is 33.5 Å². The van der Waals surface area contributed by atoms with Crippen LogP contribution in [0.2, 0.25) is 0 Å². The van der Waals surface area contributed by atoms with E-state index in [1.165, 1.54) is 37.0 Å². The fraction of sp³-hybridized carbons (Fsp3) is 0.435. The highest BCUT2D eigenvalue weighted by Crippen LogP contribution is 2.33. The van der Waals surface area contributed by atoms with E-state index in [4.69, 9.17) is 4.74 Å². The summed E-state index contributed by atoms with van der Waals surface area (Å²) in [6, 6.07) is 12.1. The molecule has 0 spiro atoms. The van der Waals surface area contributed by atoms with Crippen LogP contribution in [-0.2, 0) is 11.2 Å². The molecule has 1 aliphatic rings. The highest BCUT2D eigenvalue weighted by molar-refractivity contribution is 7.99. The number of hydrogen-bond acceptors (Lipinski definition) is 6. The Bertz CT molecular complexity index is 964. The number of benzene rings is 1. The molecule has 1 aliphatic carbocycles. The Morgan fingerprint density at radius 3 is 2.71 bits per heavy atom. The van der Waals surface area contributed by atoms with Crippen molar-refractivity contribution in [3.8, 4) is 5.75 Å². The number of amides is 1. The first-order valence-corrected chi connectivity index (χ1v) is 12.6. The van der Waals surface area contributed by atoms with Gasteiger partial charge in [0.05, 0.1) is 7.11 Å². The van der Waals surface area contributed by atoms with Gasteiger partial charge in [-0.2, -0.15) is 0 Å². The maximum absolute atomic E-state index is 12.4. The number of methoxy groups -OCH3 is 1. The second kappa shape index (κ2) is 10.8. The molecule has 0 unspecified atom stereocenters. The zero-order valence-electron chi connectivity index (χ0n) is 17.8. The van der Waals surface area contributed by atoms with E-state index in [-0.39, 0.29) is 5.91 Å². The smallest absolute Gasteiger partial charge is 0.225 e. The zero-order chi connectivity index (χ0) is 21.5. The molecule has 2 heterocycles. The van der Waals surface area contributed by atoms with E-state index in [2.05, 4.69) is 37.6 Å².